The third kappa shape index (κ3) is 3.93. The summed E-state index contributed by atoms with van der Waals surface area (Å²) in [7, 11) is 3.17. The summed E-state index contributed by atoms with van der Waals surface area (Å²) in [6.07, 6.45) is 2.97. The van der Waals surface area contributed by atoms with Gasteiger partial charge in [0.25, 0.3) is 0 Å². The zero-order valence-corrected chi connectivity index (χ0v) is 16.1. The largest absolute Gasteiger partial charge is 0.493 e. The number of nitrogens with one attached hydrogen (secondary N) is 1. The maximum Gasteiger partial charge on any atom is 0.212 e. The zero-order valence-electron chi connectivity index (χ0n) is 16.1. The van der Waals surface area contributed by atoms with Gasteiger partial charge >= 0.3 is 0 Å². The monoisotopic (exact) mass is 395 g/mol. The van der Waals surface area contributed by atoms with Gasteiger partial charge in [0.15, 0.2) is 23.4 Å². The summed E-state index contributed by atoms with van der Waals surface area (Å²) < 4.78 is 22.7. The molecule has 1 aliphatic heterocycles. The van der Waals surface area contributed by atoms with Gasteiger partial charge in [-0.05, 0) is 29.8 Å². The van der Waals surface area contributed by atoms with E-state index in [1.54, 1.807) is 38.7 Å². The van der Waals surface area contributed by atoms with Crippen LogP contribution in [0.1, 0.15) is 17.2 Å². The summed E-state index contributed by atoms with van der Waals surface area (Å²) in [5, 5.41) is 11.0. The van der Waals surface area contributed by atoms with E-state index in [9.17, 15) is 0 Å². The number of fused-ring (bicyclic) bond motifs is 1. The van der Waals surface area contributed by atoms with Crippen LogP contribution in [0.3, 0.4) is 0 Å². The van der Waals surface area contributed by atoms with Gasteiger partial charge in [0.05, 0.1) is 26.1 Å². The van der Waals surface area contributed by atoms with E-state index < -0.39 is 0 Å². The number of nitrogen functional groups attached to an aromatic ring is 1. The summed E-state index contributed by atoms with van der Waals surface area (Å²) in [6.45, 7) is 0.833. The van der Waals surface area contributed by atoms with E-state index in [0.717, 1.165) is 11.1 Å². The molecule has 1 aliphatic rings. The quantitative estimate of drug-likeness (QED) is 0.650. The SMILES string of the molecule is COc1ccc(C2COc3cc(CNc4nnccc4N)cc(OC)c3O2)cn1. The third-order valence-electron chi connectivity index (χ3n) is 4.50. The van der Waals surface area contributed by atoms with Crippen molar-refractivity contribution >= 4 is 11.5 Å². The Morgan fingerprint density at radius 2 is 2.10 bits per heavy atom. The predicted molar refractivity (Wildman–Crippen MR) is 106 cm³/mol. The Morgan fingerprint density at radius 3 is 2.83 bits per heavy atom. The predicted octanol–water partition coefficient (Wildman–Crippen LogP) is 2.60. The molecule has 0 saturated carbocycles. The van der Waals surface area contributed by atoms with Gasteiger partial charge in [-0.25, -0.2) is 4.98 Å². The number of hydrogen-bond acceptors (Lipinski definition) is 9. The van der Waals surface area contributed by atoms with Gasteiger partial charge in [-0.15, -0.1) is 5.10 Å². The summed E-state index contributed by atoms with van der Waals surface area (Å²) in [5.74, 6) is 2.82. The molecule has 9 nitrogen and oxygen atoms in total. The number of aromatic nitrogens is 3. The minimum absolute atomic E-state index is 0.293. The van der Waals surface area contributed by atoms with Gasteiger partial charge in [0, 0.05) is 24.4 Å². The van der Waals surface area contributed by atoms with Gasteiger partial charge in [0.2, 0.25) is 11.6 Å². The fraction of sp³-hybridized carbons (Fsp3) is 0.250. The van der Waals surface area contributed by atoms with E-state index in [2.05, 4.69) is 20.5 Å². The Morgan fingerprint density at radius 1 is 1.21 bits per heavy atom. The van der Waals surface area contributed by atoms with Gasteiger partial charge in [-0.3, -0.25) is 0 Å². The third-order valence-corrected chi connectivity index (χ3v) is 4.50. The molecule has 0 saturated heterocycles. The fourth-order valence-corrected chi connectivity index (χ4v) is 2.98. The molecule has 0 radical (unpaired) electrons. The van der Waals surface area contributed by atoms with Crippen molar-refractivity contribution in [2.75, 3.05) is 31.9 Å². The Hall–Kier alpha value is -3.75. The second kappa shape index (κ2) is 8.09. The lowest BCUT2D eigenvalue weighted by atomic mass is 10.1. The maximum atomic E-state index is 6.16. The number of rotatable bonds is 6. The molecule has 3 heterocycles. The topological polar surface area (TPSA) is 114 Å². The second-order valence-corrected chi connectivity index (χ2v) is 6.37. The Kier molecular flexibility index (Phi) is 5.19. The van der Waals surface area contributed by atoms with E-state index >= 15 is 0 Å². The Labute approximate surface area is 167 Å². The number of anilines is 2. The molecule has 150 valence electrons. The smallest absolute Gasteiger partial charge is 0.212 e. The average molecular weight is 395 g/mol. The lowest BCUT2D eigenvalue weighted by Crippen LogP contribution is -2.22. The van der Waals surface area contributed by atoms with Crippen molar-refractivity contribution in [1.82, 2.24) is 15.2 Å². The summed E-state index contributed by atoms with van der Waals surface area (Å²) in [6, 6.07) is 9.17. The van der Waals surface area contributed by atoms with Crippen molar-refractivity contribution in [3.05, 3.63) is 53.9 Å². The van der Waals surface area contributed by atoms with Crippen LogP contribution in [0.25, 0.3) is 0 Å². The number of methoxy groups -OCH3 is 2. The van der Waals surface area contributed by atoms with Crippen LogP contribution in [-0.2, 0) is 6.54 Å². The van der Waals surface area contributed by atoms with Crippen LogP contribution >= 0.6 is 0 Å². The molecule has 1 unspecified atom stereocenters. The number of pyridine rings is 1. The van der Waals surface area contributed by atoms with Crippen molar-refractivity contribution in [3.63, 3.8) is 0 Å². The molecule has 2 aromatic heterocycles. The highest BCUT2D eigenvalue weighted by Gasteiger charge is 2.27. The lowest BCUT2D eigenvalue weighted by Gasteiger charge is -2.28. The molecule has 0 amide bonds. The minimum atomic E-state index is -0.293. The highest BCUT2D eigenvalue weighted by Crippen LogP contribution is 2.44. The van der Waals surface area contributed by atoms with E-state index in [-0.39, 0.29) is 6.10 Å². The Bertz CT molecular complexity index is 979. The summed E-state index contributed by atoms with van der Waals surface area (Å²) in [4.78, 5) is 4.23. The Balaban J connectivity index is 1.53. The molecule has 9 heteroatoms. The molecule has 1 atom stereocenters. The highest BCUT2D eigenvalue weighted by atomic mass is 16.6. The first-order valence-electron chi connectivity index (χ1n) is 8.99. The standard InChI is InChI=1S/C20H21N5O4/c1-26-15-7-12(9-23-20-14(21)5-6-24-25-20)8-16-19(15)29-17(11-28-16)13-3-4-18(27-2)22-10-13/h3-8,10,17H,9,11H2,1-2H3,(H2,21,24)(H,23,25). The molecule has 3 aromatic rings. The van der Waals surface area contributed by atoms with E-state index in [1.165, 1.54) is 0 Å². The molecule has 3 N–H and O–H groups in total. The first-order valence-corrected chi connectivity index (χ1v) is 8.99. The van der Waals surface area contributed by atoms with Crippen LogP contribution < -0.4 is 30.0 Å². The molecule has 1 aromatic carbocycles. The van der Waals surface area contributed by atoms with Gasteiger partial charge in [-0.2, -0.15) is 5.10 Å². The molecule has 0 spiro atoms. The first-order chi connectivity index (χ1) is 14.2. The molecular formula is C20H21N5O4. The van der Waals surface area contributed by atoms with Gasteiger partial charge in [0.1, 0.15) is 6.61 Å². The van der Waals surface area contributed by atoms with Crippen LogP contribution in [0.5, 0.6) is 23.1 Å². The number of nitrogens with two attached hydrogens (primary N) is 1. The first kappa shape index (κ1) is 18.6. The van der Waals surface area contributed by atoms with E-state index in [1.807, 2.05) is 18.2 Å². The van der Waals surface area contributed by atoms with Crippen LogP contribution in [-0.4, -0.2) is 36.0 Å². The van der Waals surface area contributed by atoms with Gasteiger partial charge in [-0.1, -0.05) is 0 Å². The van der Waals surface area contributed by atoms with Crippen molar-refractivity contribution in [2.24, 2.45) is 0 Å². The molecule has 29 heavy (non-hydrogen) atoms. The molecule has 0 fully saturated rings. The van der Waals surface area contributed by atoms with Crippen LogP contribution in [0.15, 0.2) is 42.7 Å². The van der Waals surface area contributed by atoms with Crippen molar-refractivity contribution in [1.29, 1.82) is 0 Å². The van der Waals surface area contributed by atoms with Crippen LogP contribution in [0.2, 0.25) is 0 Å². The zero-order chi connectivity index (χ0) is 20.2. The van der Waals surface area contributed by atoms with E-state index in [0.29, 0.717) is 47.8 Å². The molecule has 4 rings (SSSR count). The van der Waals surface area contributed by atoms with Crippen LogP contribution in [0, 0.1) is 0 Å². The maximum absolute atomic E-state index is 6.16. The highest BCUT2D eigenvalue weighted by molar-refractivity contribution is 5.60. The van der Waals surface area contributed by atoms with Crippen molar-refractivity contribution in [2.45, 2.75) is 12.6 Å². The fourth-order valence-electron chi connectivity index (χ4n) is 2.98. The van der Waals surface area contributed by atoms with Gasteiger partial charge < -0.3 is 30.0 Å². The number of nitrogens with zero attached hydrogens (tertiary/aromatic N) is 3. The molecular weight excluding hydrogens is 374 g/mol. The molecule has 0 aliphatic carbocycles. The summed E-state index contributed by atoms with van der Waals surface area (Å²) >= 11 is 0. The van der Waals surface area contributed by atoms with Crippen molar-refractivity contribution < 1.29 is 18.9 Å². The average Bonchev–Trinajstić information content (AvgIpc) is 2.77. The van der Waals surface area contributed by atoms with Crippen molar-refractivity contribution in [3.8, 4) is 23.1 Å². The number of ether oxygens (including phenoxy) is 4. The van der Waals surface area contributed by atoms with Crippen LogP contribution in [0.4, 0.5) is 11.5 Å². The lowest BCUT2D eigenvalue weighted by molar-refractivity contribution is 0.0867. The number of hydrogen-bond donors (Lipinski definition) is 2. The van der Waals surface area contributed by atoms with E-state index in [4.69, 9.17) is 24.7 Å². The number of benzene rings is 1. The second-order valence-electron chi connectivity index (χ2n) is 6.37. The summed E-state index contributed by atoms with van der Waals surface area (Å²) in [5.41, 5.74) is 8.24. The normalized spacial score (nSPS) is 14.9. The minimum Gasteiger partial charge on any atom is -0.493 e. The molecule has 0 bridgehead atoms.